The van der Waals surface area contributed by atoms with Gasteiger partial charge in [0.05, 0.1) is 0 Å². The number of hydrogen-bond acceptors (Lipinski definition) is 5. The number of aromatic nitrogens is 1. The Morgan fingerprint density at radius 3 is 2.59 bits per heavy atom. The molecule has 0 aliphatic carbocycles. The highest BCUT2D eigenvalue weighted by Gasteiger charge is 2.23. The molecule has 0 aliphatic rings. The lowest BCUT2D eigenvalue weighted by Gasteiger charge is -2.07. The minimum absolute atomic E-state index is 0.0102. The summed E-state index contributed by atoms with van der Waals surface area (Å²) < 4.78 is 45.1. The van der Waals surface area contributed by atoms with E-state index < -0.39 is 10.0 Å². The third kappa shape index (κ3) is 6.14. The first kappa shape index (κ1) is 21.0. The van der Waals surface area contributed by atoms with Crippen LogP contribution in [0, 0.1) is 19.7 Å². The molecule has 0 atom stereocenters. The highest BCUT2D eigenvalue weighted by molar-refractivity contribution is 7.89. The first-order chi connectivity index (χ1) is 12.8. The van der Waals surface area contributed by atoms with E-state index in [9.17, 15) is 17.6 Å². The van der Waals surface area contributed by atoms with Crippen molar-refractivity contribution >= 4 is 15.9 Å². The van der Waals surface area contributed by atoms with Crippen LogP contribution in [-0.2, 0) is 21.2 Å². The van der Waals surface area contributed by atoms with Crippen LogP contribution in [0.3, 0.4) is 0 Å². The fraction of sp³-hybridized carbons (Fsp3) is 0.444. The van der Waals surface area contributed by atoms with Gasteiger partial charge in [-0.25, -0.2) is 17.5 Å². The largest absolute Gasteiger partial charge is 0.360 e. The molecule has 7 nitrogen and oxygen atoms in total. The number of carbonyl (C=O) groups is 1. The zero-order valence-corrected chi connectivity index (χ0v) is 16.2. The molecule has 0 spiro atoms. The molecule has 2 rings (SSSR count). The van der Waals surface area contributed by atoms with E-state index in [4.69, 9.17) is 4.52 Å². The molecule has 0 fully saturated rings. The SMILES string of the molecule is Cc1noc(C)c1S(=O)(=O)NCCC(=O)NCCCCc1ccccc1F. The summed E-state index contributed by atoms with van der Waals surface area (Å²) >= 11 is 0. The lowest BCUT2D eigenvalue weighted by Crippen LogP contribution is -2.31. The number of sulfonamides is 1. The van der Waals surface area contributed by atoms with Gasteiger partial charge in [-0.1, -0.05) is 23.4 Å². The lowest BCUT2D eigenvalue weighted by atomic mass is 10.1. The second kappa shape index (κ2) is 9.61. The molecule has 0 unspecified atom stereocenters. The smallest absolute Gasteiger partial charge is 0.245 e. The minimum atomic E-state index is -3.76. The maximum absolute atomic E-state index is 13.5. The second-order valence-electron chi connectivity index (χ2n) is 6.20. The molecule has 27 heavy (non-hydrogen) atoms. The van der Waals surface area contributed by atoms with Gasteiger partial charge >= 0.3 is 0 Å². The Bertz CT molecular complexity index is 861. The Labute approximate surface area is 158 Å². The predicted molar refractivity (Wildman–Crippen MR) is 98.1 cm³/mol. The van der Waals surface area contributed by atoms with Crippen LogP contribution in [0.15, 0.2) is 33.7 Å². The van der Waals surface area contributed by atoms with Crippen molar-refractivity contribution < 1.29 is 22.1 Å². The van der Waals surface area contributed by atoms with E-state index in [1.54, 1.807) is 25.1 Å². The van der Waals surface area contributed by atoms with E-state index in [1.165, 1.54) is 13.0 Å². The molecule has 9 heteroatoms. The van der Waals surface area contributed by atoms with E-state index >= 15 is 0 Å². The average molecular weight is 397 g/mol. The third-order valence-electron chi connectivity index (χ3n) is 4.03. The van der Waals surface area contributed by atoms with Crippen LogP contribution in [0.5, 0.6) is 0 Å². The number of rotatable bonds is 10. The highest BCUT2D eigenvalue weighted by atomic mass is 32.2. The molecule has 1 amide bonds. The van der Waals surface area contributed by atoms with Gasteiger partial charge in [0.15, 0.2) is 5.76 Å². The first-order valence-corrected chi connectivity index (χ1v) is 10.2. The number of hydrogen-bond donors (Lipinski definition) is 2. The van der Waals surface area contributed by atoms with Crippen molar-refractivity contribution in [1.82, 2.24) is 15.2 Å². The Kier molecular flexibility index (Phi) is 7.49. The van der Waals surface area contributed by atoms with Crippen LogP contribution in [0.4, 0.5) is 4.39 Å². The molecule has 0 bridgehead atoms. The summed E-state index contributed by atoms with van der Waals surface area (Å²) in [4.78, 5) is 11.8. The molecule has 1 aromatic carbocycles. The normalized spacial score (nSPS) is 11.5. The van der Waals surface area contributed by atoms with Gasteiger partial charge in [-0.15, -0.1) is 0 Å². The molecule has 1 aromatic heterocycles. The van der Waals surface area contributed by atoms with Crippen molar-refractivity contribution in [1.29, 1.82) is 0 Å². The summed E-state index contributed by atoms with van der Waals surface area (Å²) in [5.41, 5.74) is 0.942. The van der Waals surface area contributed by atoms with Gasteiger partial charge in [-0.05, 0) is 44.7 Å². The second-order valence-corrected chi connectivity index (χ2v) is 7.90. The lowest BCUT2D eigenvalue weighted by molar-refractivity contribution is -0.120. The third-order valence-corrected chi connectivity index (χ3v) is 5.74. The summed E-state index contributed by atoms with van der Waals surface area (Å²) in [5, 5.41) is 6.34. The van der Waals surface area contributed by atoms with E-state index in [0.29, 0.717) is 24.9 Å². The number of nitrogens with zero attached hydrogens (tertiary/aromatic N) is 1. The molecule has 0 saturated carbocycles. The summed E-state index contributed by atoms with van der Waals surface area (Å²) in [6.45, 7) is 3.50. The fourth-order valence-electron chi connectivity index (χ4n) is 2.69. The van der Waals surface area contributed by atoms with E-state index in [-0.39, 0.29) is 41.0 Å². The van der Waals surface area contributed by atoms with Gasteiger partial charge in [-0.2, -0.15) is 0 Å². The van der Waals surface area contributed by atoms with Gasteiger partial charge in [0.2, 0.25) is 15.9 Å². The van der Waals surface area contributed by atoms with E-state index in [1.807, 2.05) is 0 Å². The molecular formula is C18H24FN3O4S. The topological polar surface area (TPSA) is 101 Å². The van der Waals surface area contributed by atoms with Crippen molar-refractivity contribution in [3.05, 3.63) is 47.1 Å². The Morgan fingerprint density at radius 1 is 1.19 bits per heavy atom. The minimum Gasteiger partial charge on any atom is -0.360 e. The zero-order valence-electron chi connectivity index (χ0n) is 15.4. The number of carbonyl (C=O) groups excluding carboxylic acids is 1. The predicted octanol–water partition coefficient (Wildman–Crippen LogP) is 2.24. The van der Waals surface area contributed by atoms with Crippen LogP contribution in [0.2, 0.25) is 0 Å². The number of unbranched alkanes of at least 4 members (excludes halogenated alkanes) is 1. The van der Waals surface area contributed by atoms with Crippen LogP contribution in [-0.4, -0.2) is 32.6 Å². The van der Waals surface area contributed by atoms with Crippen LogP contribution < -0.4 is 10.0 Å². The van der Waals surface area contributed by atoms with Crippen LogP contribution in [0.1, 0.15) is 36.3 Å². The molecule has 1 heterocycles. The van der Waals surface area contributed by atoms with Crippen LogP contribution >= 0.6 is 0 Å². The summed E-state index contributed by atoms with van der Waals surface area (Å²) in [6.07, 6.45) is 2.10. The van der Waals surface area contributed by atoms with E-state index in [0.717, 1.165) is 6.42 Å². The van der Waals surface area contributed by atoms with Gasteiger partial charge in [0, 0.05) is 19.5 Å². The molecule has 0 saturated heterocycles. The fourth-order valence-corrected chi connectivity index (χ4v) is 4.04. The molecule has 2 N–H and O–H groups in total. The molecule has 148 valence electrons. The quantitative estimate of drug-likeness (QED) is 0.599. The first-order valence-electron chi connectivity index (χ1n) is 8.74. The van der Waals surface area contributed by atoms with Crippen molar-refractivity contribution in [2.24, 2.45) is 0 Å². The zero-order chi connectivity index (χ0) is 19.9. The standard InChI is InChI=1S/C18H24FN3O4S/c1-13-18(14(2)26-22-13)27(24,25)21-12-10-17(23)20-11-6-5-8-15-7-3-4-9-16(15)19/h3-4,7,9,21H,5-6,8,10-12H2,1-2H3,(H,20,23). The number of nitrogens with one attached hydrogen (secondary N) is 2. The van der Waals surface area contributed by atoms with E-state index in [2.05, 4.69) is 15.2 Å². The average Bonchev–Trinajstić information content (AvgIpc) is 2.95. The van der Waals surface area contributed by atoms with Gasteiger partial charge in [0.1, 0.15) is 16.4 Å². The van der Waals surface area contributed by atoms with Gasteiger partial charge in [-0.3, -0.25) is 4.79 Å². The molecular weight excluding hydrogens is 373 g/mol. The summed E-state index contributed by atoms with van der Waals surface area (Å²) in [7, 11) is -3.76. The van der Waals surface area contributed by atoms with Crippen molar-refractivity contribution in [3.8, 4) is 0 Å². The van der Waals surface area contributed by atoms with Crippen molar-refractivity contribution in [2.75, 3.05) is 13.1 Å². The Balaban J connectivity index is 1.64. The number of halogens is 1. The summed E-state index contributed by atoms with van der Waals surface area (Å²) in [6, 6.07) is 6.63. The molecule has 0 radical (unpaired) electrons. The maximum Gasteiger partial charge on any atom is 0.245 e. The number of benzene rings is 1. The monoisotopic (exact) mass is 397 g/mol. The van der Waals surface area contributed by atoms with Gasteiger partial charge in [0.25, 0.3) is 0 Å². The number of aryl methyl sites for hydroxylation is 3. The van der Waals surface area contributed by atoms with Gasteiger partial charge < -0.3 is 9.84 Å². The highest BCUT2D eigenvalue weighted by Crippen LogP contribution is 2.18. The summed E-state index contributed by atoms with van der Waals surface area (Å²) in [5.74, 6) is -0.256. The number of amides is 1. The maximum atomic E-state index is 13.5. The van der Waals surface area contributed by atoms with Crippen molar-refractivity contribution in [3.63, 3.8) is 0 Å². The Morgan fingerprint density at radius 2 is 1.93 bits per heavy atom. The van der Waals surface area contributed by atoms with Crippen molar-refractivity contribution in [2.45, 2.75) is 44.4 Å². The molecule has 0 aliphatic heterocycles. The van der Waals surface area contributed by atoms with Crippen LogP contribution in [0.25, 0.3) is 0 Å². The Hall–Kier alpha value is -2.26. The molecule has 2 aromatic rings.